The predicted octanol–water partition coefficient (Wildman–Crippen LogP) is -2.32. The molecule has 40 heavy (non-hydrogen) atoms. The van der Waals surface area contributed by atoms with Gasteiger partial charge in [0.05, 0.1) is 0 Å². The molecular formula is C30H24Li4N2S4. The fraction of sp³-hybridized carbons (Fsp3) is 0.200. The maximum Gasteiger partial charge on any atom is 1.00 e. The van der Waals surface area contributed by atoms with Crippen LogP contribution >= 0.6 is 45.3 Å². The summed E-state index contributed by atoms with van der Waals surface area (Å²) in [7, 11) is 0. The van der Waals surface area contributed by atoms with E-state index in [4.69, 9.17) is 0 Å². The number of thiophene rings is 4. The molecule has 0 unspecified atom stereocenters. The van der Waals surface area contributed by atoms with Crippen molar-refractivity contribution in [2.24, 2.45) is 0 Å². The van der Waals surface area contributed by atoms with Gasteiger partial charge in [0.1, 0.15) is 0 Å². The van der Waals surface area contributed by atoms with Crippen molar-refractivity contribution in [1.29, 1.82) is 0 Å². The Hall–Kier alpha value is -0.250. The van der Waals surface area contributed by atoms with E-state index in [9.17, 15) is 0 Å². The number of rotatable bonds is 11. The molecule has 0 saturated carbocycles. The van der Waals surface area contributed by atoms with Crippen LogP contribution in [-0.4, -0.2) is 9.13 Å². The van der Waals surface area contributed by atoms with Crippen LogP contribution in [0.15, 0.2) is 70.1 Å². The van der Waals surface area contributed by atoms with Gasteiger partial charge in [0, 0.05) is 13.1 Å². The fourth-order valence-corrected chi connectivity index (χ4v) is 7.47. The Bertz CT molecular complexity index is 1270. The van der Waals surface area contributed by atoms with Gasteiger partial charge in [0.2, 0.25) is 0 Å². The van der Waals surface area contributed by atoms with Gasteiger partial charge < -0.3 is 9.13 Å². The number of unbranched alkanes of at least 4 members (excludes halogenated alkanes) is 3. The van der Waals surface area contributed by atoms with Gasteiger partial charge in [0.15, 0.2) is 0 Å². The topological polar surface area (TPSA) is 9.86 Å². The Morgan fingerprint density at radius 3 is 0.925 bits per heavy atom. The number of aromatic nitrogens is 2. The minimum Gasteiger partial charge on any atom is -0.372 e. The van der Waals surface area contributed by atoms with Gasteiger partial charge in [-0.15, -0.1) is 41.0 Å². The summed E-state index contributed by atoms with van der Waals surface area (Å²) in [5.74, 6) is 0. The summed E-state index contributed by atoms with van der Waals surface area (Å²) in [5, 5.41) is 8.16. The Morgan fingerprint density at radius 2 is 0.700 bits per heavy atom. The molecule has 0 spiro atoms. The van der Waals surface area contributed by atoms with Crippen molar-refractivity contribution in [1.82, 2.24) is 9.13 Å². The Balaban J connectivity index is 0.00000140. The summed E-state index contributed by atoms with van der Waals surface area (Å²) in [5.41, 5.74) is 5.19. The van der Waals surface area contributed by atoms with Crippen molar-refractivity contribution in [3.63, 3.8) is 0 Å². The molecule has 0 bridgehead atoms. The van der Waals surface area contributed by atoms with Crippen molar-refractivity contribution in [3.8, 4) is 42.3 Å². The van der Waals surface area contributed by atoms with Crippen molar-refractivity contribution < 1.29 is 75.4 Å². The molecule has 0 fully saturated rings. The second-order valence-corrected chi connectivity index (χ2v) is 12.2. The smallest absolute Gasteiger partial charge is 0.372 e. The molecule has 6 heterocycles. The van der Waals surface area contributed by atoms with Crippen LogP contribution in [0.25, 0.3) is 42.3 Å². The summed E-state index contributed by atoms with van der Waals surface area (Å²) in [6.45, 7) is 2.06. The van der Waals surface area contributed by atoms with Crippen LogP contribution in [0.4, 0.5) is 0 Å². The van der Waals surface area contributed by atoms with E-state index in [1.807, 2.05) is 21.5 Å². The largest absolute Gasteiger partial charge is 1.00 e. The molecule has 182 valence electrons. The monoisotopic (exact) mass is 568 g/mol. The van der Waals surface area contributed by atoms with E-state index in [1.54, 1.807) is 45.3 Å². The summed E-state index contributed by atoms with van der Waals surface area (Å²) in [6, 6.07) is 30.3. The van der Waals surface area contributed by atoms with E-state index in [2.05, 4.69) is 81.9 Å². The Morgan fingerprint density at radius 1 is 0.425 bits per heavy atom. The Kier molecular flexibility index (Phi) is 16.0. The molecule has 0 aliphatic heterocycles. The van der Waals surface area contributed by atoms with Gasteiger partial charge >= 0.3 is 75.4 Å². The zero-order chi connectivity index (χ0) is 24.2. The number of nitrogens with zero attached hydrogens (tertiary/aromatic N) is 2. The van der Waals surface area contributed by atoms with Crippen molar-refractivity contribution >= 4 is 45.3 Å². The van der Waals surface area contributed by atoms with Crippen molar-refractivity contribution in [2.75, 3.05) is 0 Å². The molecule has 6 aromatic rings. The molecule has 0 atom stereocenters. The molecule has 0 radical (unpaired) electrons. The van der Waals surface area contributed by atoms with Crippen LogP contribution in [0.1, 0.15) is 25.7 Å². The van der Waals surface area contributed by atoms with Gasteiger partial charge in [-0.05, 0) is 35.6 Å². The molecule has 0 aliphatic rings. The van der Waals surface area contributed by atoms with E-state index in [1.165, 1.54) is 68.0 Å². The van der Waals surface area contributed by atoms with Gasteiger partial charge in [-0.25, -0.2) is 48.5 Å². The average Bonchev–Trinajstić information content (AvgIpc) is 3.73. The van der Waals surface area contributed by atoms with Crippen molar-refractivity contribution in [2.45, 2.75) is 38.8 Å². The zero-order valence-electron chi connectivity index (χ0n) is 23.7. The number of hydrogen-bond acceptors (Lipinski definition) is 4. The minimum atomic E-state index is 0. The van der Waals surface area contributed by atoms with Crippen LogP contribution in [0.5, 0.6) is 0 Å². The second kappa shape index (κ2) is 17.8. The quantitative estimate of drug-likeness (QED) is 0.0945. The molecule has 0 aromatic carbocycles. The van der Waals surface area contributed by atoms with Crippen LogP contribution in [0.2, 0.25) is 0 Å². The third-order valence-electron chi connectivity index (χ3n) is 6.36. The van der Waals surface area contributed by atoms with Crippen LogP contribution < -0.4 is 75.4 Å². The van der Waals surface area contributed by atoms with Gasteiger partial charge in [0.25, 0.3) is 0 Å². The van der Waals surface area contributed by atoms with E-state index >= 15 is 0 Å². The molecule has 0 N–H and O–H groups in total. The maximum absolute atomic E-state index is 3.22. The number of hydrogen-bond donors (Lipinski definition) is 0. The molecule has 0 aliphatic carbocycles. The Labute approximate surface area is 301 Å². The van der Waals surface area contributed by atoms with Crippen LogP contribution in [0.3, 0.4) is 0 Å². The van der Waals surface area contributed by atoms with E-state index in [0.717, 1.165) is 13.1 Å². The molecule has 10 heteroatoms. The predicted molar refractivity (Wildman–Crippen MR) is 156 cm³/mol. The van der Waals surface area contributed by atoms with Gasteiger partial charge in [-0.2, -0.15) is 0 Å². The third-order valence-corrected chi connectivity index (χ3v) is 9.70. The SMILES string of the molecule is [Li+].[Li+].[Li+].[Li+].[c-]1csc(-c2ccc(-c3c[c-]cs3)n2CCCCCCn2c(-c3c[c-]cs3)ccc2-c2c[c-]cs2)c1. The van der Waals surface area contributed by atoms with Crippen LogP contribution in [-0.2, 0) is 13.1 Å². The third kappa shape index (κ3) is 8.22. The van der Waals surface area contributed by atoms with Crippen LogP contribution in [0, 0.1) is 24.3 Å². The summed E-state index contributed by atoms with van der Waals surface area (Å²) < 4.78 is 4.98. The van der Waals surface area contributed by atoms with Gasteiger partial charge in [-0.1, -0.05) is 37.1 Å². The average molecular weight is 569 g/mol. The first kappa shape index (κ1) is 35.9. The van der Waals surface area contributed by atoms with Crippen molar-refractivity contribution in [3.05, 3.63) is 94.3 Å². The molecule has 0 saturated heterocycles. The molecule has 6 aromatic heterocycles. The first-order valence-corrected chi connectivity index (χ1v) is 15.6. The normalized spacial score (nSPS) is 10.3. The fourth-order valence-electron chi connectivity index (χ4n) is 4.67. The van der Waals surface area contributed by atoms with E-state index < -0.39 is 0 Å². The molecule has 0 amide bonds. The standard InChI is InChI=1S/C30H24N2S4.4Li/c1(3-17-31-23(27-9-5-19-33-27)13-14-24(31)28-10-6-20-34-28)2-4-18-32-25(29-11-7-21-35-29)15-16-26(32)30-12-8-22-36-30;;;;/h9-16,19-22H,1-4,17-18H2;;;;/q-4;4*+1. The first-order chi connectivity index (χ1) is 17.9. The minimum absolute atomic E-state index is 0. The summed E-state index contributed by atoms with van der Waals surface area (Å²) in [4.78, 5) is 5.13. The zero-order valence-corrected chi connectivity index (χ0v) is 27.0. The summed E-state index contributed by atoms with van der Waals surface area (Å²) >= 11 is 7.04. The second-order valence-electron chi connectivity index (χ2n) is 8.57. The molecule has 6 rings (SSSR count). The molecular weight excluding hydrogens is 544 g/mol. The first-order valence-electron chi connectivity index (χ1n) is 12.1. The molecule has 2 nitrogen and oxygen atoms in total. The maximum atomic E-state index is 3.22. The van der Waals surface area contributed by atoms with E-state index in [-0.39, 0.29) is 75.4 Å². The van der Waals surface area contributed by atoms with E-state index in [0.29, 0.717) is 0 Å². The van der Waals surface area contributed by atoms with Gasteiger partial charge in [-0.3, -0.25) is 45.3 Å². The summed E-state index contributed by atoms with van der Waals surface area (Å²) in [6.07, 6.45) is 4.78.